The molecule has 0 fully saturated rings. The number of nitrogens with one attached hydrogen (secondary N) is 2. The second kappa shape index (κ2) is 17.3. The molecule has 3 atom stereocenters. The lowest BCUT2D eigenvalue weighted by Gasteiger charge is -2.22. The van der Waals surface area contributed by atoms with E-state index in [1.807, 2.05) is 44.2 Å². The summed E-state index contributed by atoms with van der Waals surface area (Å²) < 4.78 is 1.23. The fraction of sp³-hybridized carbons (Fsp3) is 0.379. The number of aromatic nitrogens is 3. The number of hydrogen-bond acceptors (Lipinski definition) is 11. The zero-order chi connectivity index (χ0) is 32.9. The lowest BCUT2D eigenvalue weighted by Crippen LogP contribution is -2.52. The van der Waals surface area contributed by atoms with Gasteiger partial charge in [-0.15, -0.1) is 0 Å². The number of carboxylic acid groups (broad SMARTS) is 1. The van der Waals surface area contributed by atoms with Gasteiger partial charge in [-0.05, 0) is 41.2 Å². The molecule has 5 N–H and O–H groups in total. The Labute approximate surface area is 267 Å². The summed E-state index contributed by atoms with van der Waals surface area (Å²) in [5.74, 6) is -2.62. The standard InChI is InChI=1S/C29H35N7O7S2/c1-18(2)13-23(29(40)41)34-26(38)22(33-25(37)10-12-44-45-27-24(36(42)43)9-6-11-31-27)15-20-16-35(17-32-20)28(39)21(30)14-19-7-4-3-5-8-19/h3-9,11,16-18,21-23H,10,12-15,30H2,1-2H3,(H,33,37)(H,34,38)(H,40,41)/t21-,22-,23-/m0/s1. The van der Waals surface area contributed by atoms with Crippen molar-refractivity contribution in [2.75, 3.05) is 5.75 Å². The SMILES string of the molecule is CC(C)C[C@H](NC(=O)[C@H](Cc1cn(C(=O)[C@@H](N)Cc2ccccc2)cn1)NC(=O)CCSSc1ncccc1[N+](=O)[O-])C(=O)O. The highest BCUT2D eigenvalue weighted by Gasteiger charge is 2.28. The molecule has 14 nitrogen and oxygen atoms in total. The first-order valence-corrected chi connectivity index (χ1v) is 16.3. The molecule has 3 rings (SSSR count). The van der Waals surface area contributed by atoms with E-state index >= 15 is 0 Å². The number of carboxylic acids is 1. The van der Waals surface area contributed by atoms with Crippen LogP contribution in [0.2, 0.25) is 0 Å². The van der Waals surface area contributed by atoms with Crippen molar-refractivity contribution in [1.82, 2.24) is 25.2 Å². The molecule has 0 spiro atoms. The molecule has 1 aromatic carbocycles. The Morgan fingerprint density at radius 2 is 1.78 bits per heavy atom. The van der Waals surface area contributed by atoms with Crippen molar-refractivity contribution in [3.05, 3.63) is 82.6 Å². The fourth-order valence-corrected chi connectivity index (χ4v) is 6.22. The van der Waals surface area contributed by atoms with Crippen LogP contribution in [0.3, 0.4) is 0 Å². The summed E-state index contributed by atoms with van der Waals surface area (Å²) in [6, 6.07) is 8.86. The maximum atomic E-state index is 13.3. The summed E-state index contributed by atoms with van der Waals surface area (Å²) in [5.41, 5.74) is 7.18. The van der Waals surface area contributed by atoms with E-state index in [0.717, 1.165) is 16.4 Å². The molecule has 0 aliphatic heterocycles. The van der Waals surface area contributed by atoms with E-state index in [-0.39, 0.29) is 41.6 Å². The van der Waals surface area contributed by atoms with Crippen LogP contribution in [0.15, 0.2) is 66.2 Å². The van der Waals surface area contributed by atoms with Crippen LogP contribution in [0.5, 0.6) is 0 Å². The van der Waals surface area contributed by atoms with Gasteiger partial charge < -0.3 is 21.5 Å². The average Bonchev–Trinajstić information content (AvgIpc) is 3.47. The van der Waals surface area contributed by atoms with Gasteiger partial charge in [0.2, 0.25) is 17.7 Å². The first-order chi connectivity index (χ1) is 21.4. The Kier molecular flexibility index (Phi) is 13.5. The average molecular weight is 658 g/mol. The molecule has 0 aliphatic rings. The van der Waals surface area contributed by atoms with Gasteiger partial charge in [0.15, 0.2) is 5.03 Å². The van der Waals surface area contributed by atoms with E-state index in [4.69, 9.17) is 5.73 Å². The van der Waals surface area contributed by atoms with Gasteiger partial charge in [-0.3, -0.25) is 29.1 Å². The van der Waals surface area contributed by atoms with Crippen molar-refractivity contribution in [2.24, 2.45) is 11.7 Å². The third-order valence-corrected chi connectivity index (χ3v) is 8.68. The summed E-state index contributed by atoms with van der Waals surface area (Å²) >= 11 is 0. The second-order valence-electron chi connectivity index (χ2n) is 10.5. The normalized spacial score (nSPS) is 13.1. The number of pyridine rings is 1. The van der Waals surface area contributed by atoms with Crippen LogP contribution in [-0.2, 0) is 27.2 Å². The summed E-state index contributed by atoms with van der Waals surface area (Å²) in [6.07, 6.45) is 4.46. The Morgan fingerprint density at radius 1 is 1.04 bits per heavy atom. The Bertz CT molecular complexity index is 1490. The lowest BCUT2D eigenvalue weighted by molar-refractivity contribution is -0.388. The summed E-state index contributed by atoms with van der Waals surface area (Å²) in [7, 11) is 2.24. The molecule has 240 valence electrons. The molecule has 2 aromatic heterocycles. The monoisotopic (exact) mass is 657 g/mol. The van der Waals surface area contributed by atoms with Gasteiger partial charge in [0.1, 0.15) is 18.4 Å². The molecule has 0 unspecified atom stereocenters. The van der Waals surface area contributed by atoms with E-state index in [1.165, 1.54) is 46.2 Å². The minimum Gasteiger partial charge on any atom is -0.480 e. The van der Waals surface area contributed by atoms with Crippen LogP contribution in [0.25, 0.3) is 0 Å². The number of benzene rings is 1. The van der Waals surface area contributed by atoms with Crippen LogP contribution >= 0.6 is 21.6 Å². The van der Waals surface area contributed by atoms with Crippen molar-refractivity contribution in [3.8, 4) is 0 Å². The highest BCUT2D eigenvalue weighted by Crippen LogP contribution is 2.35. The quantitative estimate of drug-likeness (QED) is 0.0714. The number of imidazole rings is 1. The van der Waals surface area contributed by atoms with E-state index < -0.39 is 46.7 Å². The molecule has 0 saturated carbocycles. The highest BCUT2D eigenvalue weighted by atomic mass is 33.1. The second-order valence-corrected chi connectivity index (χ2v) is 12.9. The number of carbonyl (C=O) groups excluding carboxylic acids is 3. The van der Waals surface area contributed by atoms with Gasteiger partial charge in [-0.1, -0.05) is 55.0 Å². The summed E-state index contributed by atoms with van der Waals surface area (Å²) in [4.78, 5) is 69.7. The maximum absolute atomic E-state index is 13.3. The third kappa shape index (κ3) is 11.3. The largest absolute Gasteiger partial charge is 0.480 e. The first-order valence-electron chi connectivity index (χ1n) is 14.0. The molecule has 3 aromatic rings. The number of amides is 2. The number of carbonyl (C=O) groups is 4. The predicted molar refractivity (Wildman–Crippen MR) is 169 cm³/mol. The van der Waals surface area contributed by atoms with Crippen molar-refractivity contribution in [2.45, 2.75) is 62.7 Å². The number of nitrogens with zero attached hydrogens (tertiary/aromatic N) is 4. The number of nitrogens with two attached hydrogens (primary N) is 1. The van der Waals surface area contributed by atoms with Crippen molar-refractivity contribution in [1.29, 1.82) is 0 Å². The lowest BCUT2D eigenvalue weighted by atomic mass is 10.0. The van der Waals surface area contributed by atoms with Gasteiger partial charge in [0, 0.05) is 37.1 Å². The third-order valence-electron chi connectivity index (χ3n) is 6.39. The highest BCUT2D eigenvalue weighted by molar-refractivity contribution is 8.76. The molecule has 0 saturated heterocycles. The molecule has 0 bridgehead atoms. The van der Waals surface area contributed by atoms with E-state index in [1.54, 1.807) is 0 Å². The molecule has 2 amide bonds. The van der Waals surface area contributed by atoms with Crippen LogP contribution in [0.1, 0.15) is 42.7 Å². The van der Waals surface area contributed by atoms with Gasteiger partial charge in [0.25, 0.3) is 0 Å². The van der Waals surface area contributed by atoms with Crippen LogP contribution < -0.4 is 16.4 Å². The first kappa shape index (κ1) is 35.2. The molecule has 16 heteroatoms. The minimum absolute atomic E-state index is 0.0225. The predicted octanol–water partition coefficient (Wildman–Crippen LogP) is 2.87. The van der Waals surface area contributed by atoms with E-state index in [2.05, 4.69) is 20.6 Å². The Hall–Kier alpha value is -4.28. The maximum Gasteiger partial charge on any atom is 0.326 e. The number of hydrogen-bond donors (Lipinski definition) is 4. The Balaban J connectivity index is 1.66. The number of rotatable bonds is 17. The van der Waals surface area contributed by atoms with Crippen LogP contribution in [0.4, 0.5) is 5.69 Å². The zero-order valence-corrected chi connectivity index (χ0v) is 26.3. The summed E-state index contributed by atoms with van der Waals surface area (Å²) in [5, 5.41) is 26.1. The van der Waals surface area contributed by atoms with Gasteiger partial charge in [-0.25, -0.2) is 14.8 Å². The minimum atomic E-state index is -1.21. The molecule has 0 aliphatic carbocycles. The molecule has 0 radical (unpaired) electrons. The Morgan fingerprint density at radius 3 is 2.44 bits per heavy atom. The van der Waals surface area contributed by atoms with E-state index in [0.29, 0.717) is 12.1 Å². The molecule has 2 heterocycles. The fourth-order valence-electron chi connectivity index (χ4n) is 4.20. The molecule has 45 heavy (non-hydrogen) atoms. The topological polar surface area (TPSA) is 212 Å². The van der Waals surface area contributed by atoms with Crippen molar-refractivity contribution in [3.63, 3.8) is 0 Å². The summed E-state index contributed by atoms with van der Waals surface area (Å²) in [6.45, 7) is 3.64. The smallest absolute Gasteiger partial charge is 0.326 e. The number of nitro groups is 1. The van der Waals surface area contributed by atoms with Gasteiger partial charge in [0.05, 0.1) is 16.7 Å². The number of aliphatic carboxylic acids is 1. The molecular formula is C29H35N7O7S2. The van der Waals surface area contributed by atoms with Crippen LogP contribution in [-0.4, -0.2) is 72.1 Å². The van der Waals surface area contributed by atoms with Gasteiger partial charge in [-0.2, -0.15) is 0 Å². The van der Waals surface area contributed by atoms with Crippen molar-refractivity contribution >= 4 is 51.0 Å². The van der Waals surface area contributed by atoms with Crippen molar-refractivity contribution < 1.29 is 29.2 Å². The zero-order valence-electron chi connectivity index (χ0n) is 24.7. The van der Waals surface area contributed by atoms with E-state index in [9.17, 15) is 34.4 Å². The van der Waals surface area contributed by atoms with Gasteiger partial charge >= 0.3 is 11.7 Å². The van der Waals surface area contributed by atoms with Crippen LogP contribution in [0, 0.1) is 16.0 Å². The molecular weight excluding hydrogens is 622 g/mol.